The summed E-state index contributed by atoms with van der Waals surface area (Å²) in [5.74, 6) is -0.193. The Morgan fingerprint density at radius 3 is 2.39 bits per heavy atom. The van der Waals surface area contributed by atoms with Crippen molar-refractivity contribution in [2.75, 3.05) is 13.1 Å². The monoisotopic (exact) mass is 353 g/mol. The van der Waals surface area contributed by atoms with E-state index in [1.807, 2.05) is 23.6 Å². The first kappa shape index (κ1) is 19.2. The molecule has 0 bridgehead atoms. The Balaban J connectivity index is 0.00000264. The van der Waals surface area contributed by atoms with Crippen LogP contribution in [0.5, 0.6) is 0 Å². The van der Waals surface area contributed by atoms with Gasteiger partial charge in [-0.1, -0.05) is 18.2 Å². The highest BCUT2D eigenvalue weighted by Crippen LogP contribution is 2.09. The predicted octanol–water partition coefficient (Wildman–Crippen LogP) is 2.18. The summed E-state index contributed by atoms with van der Waals surface area (Å²) in [4.78, 5) is 24.3. The molecule has 0 aliphatic rings. The van der Waals surface area contributed by atoms with E-state index in [9.17, 15) is 9.59 Å². The zero-order chi connectivity index (χ0) is 15.8. The van der Waals surface area contributed by atoms with Crippen LogP contribution in [0.2, 0.25) is 0 Å². The van der Waals surface area contributed by atoms with E-state index in [1.54, 1.807) is 18.2 Å². The van der Waals surface area contributed by atoms with Crippen LogP contribution in [0.4, 0.5) is 0 Å². The third-order valence-corrected chi connectivity index (χ3v) is 3.95. The number of carbonyl (C=O) groups is 2. The number of benzene rings is 1. The molecule has 0 atom stereocenters. The molecule has 1 aromatic carbocycles. The van der Waals surface area contributed by atoms with E-state index < -0.39 is 0 Å². The van der Waals surface area contributed by atoms with Crippen molar-refractivity contribution in [1.29, 1.82) is 0 Å². The summed E-state index contributed by atoms with van der Waals surface area (Å²) >= 11 is 1.41. The number of hydrogen-bond acceptors (Lipinski definition) is 4. The van der Waals surface area contributed by atoms with Gasteiger partial charge >= 0.3 is 0 Å². The smallest absolute Gasteiger partial charge is 0.261 e. The Labute approximate surface area is 145 Å². The summed E-state index contributed by atoms with van der Waals surface area (Å²) in [5.41, 5.74) is 6.93. The molecule has 2 amide bonds. The van der Waals surface area contributed by atoms with Crippen LogP contribution in [0.3, 0.4) is 0 Å². The molecule has 1 heterocycles. The number of carbonyl (C=O) groups excluding carboxylic acids is 2. The van der Waals surface area contributed by atoms with Crippen LogP contribution in [0, 0.1) is 0 Å². The number of nitrogens with one attached hydrogen (secondary N) is 2. The molecule has 0 fully saturated rings. The Bertz CT molecular complexity index is 615. The van der Waals surface area contributed by atoms with Gasteiger partial charge in [0.1, 0.15) is 0 Å². The van der Waals surface area contributed by atoms with E-state index in [0.29, 0.717) is 30.1 Å². The fraction of sp³-hybridized carbons (Fsp3) is 0.250. The van der Waals surface area contributed by atoms with Crippen molar-refractivity contribution in [3.63, 3.8) is 0 Å². The first-order valence-electron chi connectivity index (χ1n) is 7.09. The Hall–Kier alpha value is -1.89. The summed E-state index contributed by atoms with van der Waals surface area (Å²) < 4.78 is 0. The Kier molecular flexibility index (Phi) is 8.32. The second-order valence-corrected chi connectivity index (χ2v) is 5.70. The third-order valence-electron chi connectivity index (χ3n) is 3.08. The van der Waals surface area contributed by atoms with Crippen molar-refractivity contribution in [1.82, 2.24) is 10.6 Å². The fourth-order valence-corrected chi connectivity index (χ4v) is 2.50. The largest absolute Gasteiger partial charge is 0.352 e. The van der Waals surface area contributed by atoms with Crippen molar-refractivity contribution >= 4 is 35.6 Å². The molecule has 7 heteroatoms. The maximum atomic E-state index is 11.8. The topological polar surface area (TPSA) is 84.2 Å². The molecule has 23 heavy (non-hydrogen) atoms. The molecule has 2 aromatic rings. The first-order chi connectivity index (χ1) is 10.7. The van der Waals surface area contributed by atoms with Gasteiger partial charge in [0.15, 0.2) is 0 Å². The van der Waals surface area contributed by atoms with Crippen molar-refractivity contribution in [2.24, 2.45) is 5.73 Å². The maximum absolute atomic E-state index is 11.8. The van der Waals surface area contributed by atoms with Crippen molar-refractivity contribution < 1.29 is 9.59 Å². The summed E-state index contributed by atoms with van der Waals surface area (Å²) in [7, 11) is 0. The zero-order valence-electron chi connectivity index (χ0n) is 12.6. The predicted molar refractivity (Wildman–Crippen MR) is 95.2 cm³/mol. The zero-order valence-corrected chi connectivity index (χ0v) is 14.2. The fourth-order valence-electron chi connectivity index (χ4n) is 1.86. The normalized spacial score (nSPS) is 9.78. The molecule has 2 rings (SSSR count). The van der Waals surface area contributed by atoms with E-state index in [-0.39, 0.29) is 24.2 Å². The second-order valence-electron chi connectivity index (χ2n) is 4.76. The second kappa shape index (κ2) is 9.99. The van der Waals surface area contributed by atoms with Gasteiger partial charge in [0, 0.05) is 18.7 Å². The van der Waals surface area contributed by atoms with Gasteiger partial charge in [0.2, 0.25) is 0 Å². The molecular weight excluding hydrogens is 334 g/mol. The standard InChI is InChI=1S/C16H19N3O2S.ClH/c17-8-2-9-18-15(20)13-6-4-12(5-7-13)11-19-16(21)14-3-1-10-22-14;/h1,3-7,10H,2,8-9,11,17H2,(H,18,20)(H,19,21);1H. The molecule has 4 N–H and O–H groups in total. The highest BCUT2D eigenvalue weighted by molar-refractivity contribution is 7.12. The summed E-state index contributed by atoms with van der Waals surface area (Å²) in [6.45, 7) is 1.57. The van der Waals surface area contributed by atoms with Gasteiger partial charge in [-0.25, -0.2) is 0 Å². The molecule has 5 nitrogen and oxygen atoms in total. The van der Waals surface area contributed by atoms with E-state index in [4.69, 9.17) is 5.73 Å². The van der Waals surface area contributed by atoms with Gasteiger partial charge in [0.25, 0.3) is 11.8 Å². The van der Waals surface area contributed by atoms with Crippen LogP contribution in [0.1, 0.15) is 32.0 Å². The van der Waals surface area contributed by atoms with Gasteiger partial charge < -0.3 is 16.4 Å². The van der Waals surface area contributed by atoms with E-state index >= 15 is 0 Å². The number of thiophene rings is 1. The first-order valence-corrected chi connectivity index (χ1v) is 7.97. The number of hydrogen-bond donors (Lipinski definition) is 3. The van der Waals surface area contributed by atoms with Gasteiger partial charge in [-0.15, -0.1) is 23.7 Å². The summed E-state index contributed by atoms with van der Waals surface area (Å²) in [6, 6.07) is 10.8. The number of amides is 2. The molecular formula is C16H20ClN3O2S. The molecule has 0 radical (unpaired) electrons. The van der Waals surface area contributed by atoms with Crippen LogP contribution in [0.15, 0.2) is 41.8 Å². The van der Waals surface area contributed by atoms with Crippen LogP contribution >= 0.6 is 23.7 Å². The highest BCUT2D eigenvalue weighted by Gasteiger charge is 2.07. The van der Waals surface area contributed by atoms with Gasteiger partial charge in [-0.3, -0.25) is 9.59 Å². The molecule has 0 aliphatic carbocycles. The lowest BCUT2D eigenvalue weighted by Gasteiger charge is -2.07. The van der Waals surface area contributed by atoms with Crippen molar-refractivity contribution in [3.8, 4) is 0 Å². The van der Waals surface area contributed by atoms with E-state index in [0.717, 1.165) is 12.0 Å². The minimum absolute atomic E-state index is 0. The lowest BCUT2D eigenvalue weighted by Crippen LogP contribution is -2.26. The Morgan fingerprint density at radius 1 is 1.04 bits per heavy atom. The summed E-state index contributed by atoms with van der Waals surface area (Å²) in [6.07, 6.45) is 0.762. The number of halogens is 1. The average Bonchev–Trinajstić information content (AvgIpc) is 3.08. The average molecular weight is 354 g/mol. The molecule has 0 aliphatic heterocycles. The lowest BCUT2D eigenvalue weighted by atomic mass is 10.1. The SMILES string of the molecule is Cl.NCCCNC(=O)c1ccc(CNC(=O)c2cccs2)cc1. The van der Waals surface area contributed by atoms with Crippen LogP contribution < -0.4 is 16.4 Å². The lowest BCUT2D eigenvalue weighted by molar-refractivity contribution is 0.0945. The van der Waals surface area contributed by atoms with Crippen LogP contribution in [-0.4, -0.2) is 24.9 Å². The molecule has 1 aromatic heterocycles. The molecule has 0 saturated heterocycles. The van der Waals surface area contributed by atoms with Crippen LogP contribution in [0.25, 0.3) is 0 Å². The van der Waals surface area contributed by atoms with E-state index in [2.05, 4.69) is 10.6 Å². The van der Waals surface area contributed by atoms with Gasteiger partial charge in [-0.2, -0.15) is 0 Å². The molecule has 0 spiro atoms. The van der Waals surface area contributed by atoms with Gasteiger partial charge in [0.05, 0.1) is 4.88 Å². The molecule has 124 valence electrons. The highest BCUT2D eigenvalue weighted by atomic mass is 35.5. The number of rotatable bonds is 7. The quantitative estimate of drug-likeness (QED) is 0.667. The number of nitrogens with two attached hydrogens (primary N) is 1. The minimum Gasteiger partial charge on any atom is -0.352 e. The molecule has 0 saturated carbocycles. The minimum atomic E-state index is -0.109. The van der Waals surface area contributed by atoms with Gasteiger partial charge in [-0.05, 0) is 42.1 Å². The Morgan fingerprint density at radius 2 is 1.78 bits per heavy atom. The third kappa shape index (κ3) is 6.02. The summed E-state index contributed by atoms with van der Waals surface area (Å²) in [5, 5.41) is 7.52. The van der Waals surface area contributed by atoms with Crippen LogP contribution in [-0.2, 0) is 6.54 Å². The molecule has 0 unspecified atom stereocenters. The van der Waals surface area contributed by atoms with Crippen molar-refractivity contribution in [2.45, 2.75) is 13.0 Å². The maximum Gasteiger partial charge on any atom is 0.261 e. The van der Waals surface area contributed by atoms with E-state index in [1.165, 1.54) is 11.3 Å². The van der Waals surface area contributed by atoms with Crippen molar-refractivity contribution in [3.05, 3.63) is 57.8 Å².